The minimum absolute atomic E-state index is 0.252. The molecule has 0 spiro atoms. The first-order valence-corrected chi connectivity index (χ1v) is 11.7. The summed E-state index contributed by atoms with van der Waals surface area (Å²) in [6.45, 7) is 12.9. The lowest BCUT2D eigenvalue weighted by Gasteiger charge is -2.43. The van der Waals surface area contributed by atoms with Crippen LogP contribution in [0.15, 0.2) is 24.3 Å². The Balaban J connectivity index is 1.75. The van der Waals surface area contributed by atoms with E-state index in [2.05, 4.69) is 72.1 Å². The van der Waals surface area contributed by atoms with Gasteiger partial charge in [-0.05, 0) is 74.6 Å². The fraction of sp³-hybridized carbons (Fsp3) is 0.542. The Morgan fingerprint density at radius 1 is 1.24 bits per heavy atom. The maximum Gasteiger partial charge on any atom is 0.169 e. The topological polar surface area (TPSA) is 34.3 Å². The number of aryl methyl sites for hydroxylation is 1. The SMILES string of the molecule is CCCN1C[C@@H](NC(=S)N(CC)CC)C=C2c3cccc4[nH]c(CC)c(c34)C[C@H]21. The number of fused-ring (bicyclic) bond motifs is 2. The Kier molecular flexibility index (Phi) is 5.98. The molecule has 4 rings (SSSR count). The molecular formula is C24H34N4S. The molecule has 1 aliphatic carbocycles. The Bertz CT molecular complexity index is 924. The summed E-state index contributed by atoms with van der Waals surface area (Å²) in [5.41, 5.74) is 7.11. The van der Waals surface area contributed by atoms with Crippen molar-refractivity contribution in [3.63, 3.8) is 0 Å². The highest BCUT2D eigenvalue weighted by Gasteiger charge is 2.36. The van der Waals surface area contributed by atoms with Crippen LogP contribution >= 0.6 is 12.2 Å². The molecule has 1 aromatic carbocycles. The highest BCUT2D eigenvalue weighted by molar-refractivity contribution is 7.80. The molecule has 2 aromatic rings. The van der Waals surface area contributed by atoms with Gasteiger partial charge in [0, 0.05) is 42.3 Å². The van der Waals surface area contributed by atoms with Crippen LogP contribution in [0.3, 0.4) is 0 Å². The van der Waals surface area contributed by atoms with Crippen molar-refractivity contribution in [2.24, 2.45) is 0 Å². The van der Waals surface area contributed by atoms with E-state index in [4.69, 9.17) is 12.2 Å². The van der Waals surface area contributed by atoms with E-state index < -0.39 is 0 Å². The normalized spacial score (nSPS) is 21.0. The van der Waals surface area contributed by atoms with Crippen LogP contribution in [0.5, 0.6) is 0 Å². The molecule has 0 saturated carbocycles. The molecule has 156 valence electrons. The Labute approximate surface area is 180 Å². The Morgan fingerprint density at radius 3 is 2.72 bits per heavy atom. The number of hydrogen-bond acceptors (Lipinski definition) is 2. The predicted molar refractivity (Wildman–Crippen MR) is 127 cm³/mol. The van der Waals surface area contributed by atoms with Crippen molar-refractivity contribution in [3.05, 3.63) is 41.1 Å². The van der Waals surface area contributed by atoms with E-state index in [-0.39, 0.29) is 6.04 Å². The van der Waals surface area contributed by atoms with Crippen molar-refractivity contribution >= 4 is 33.8 Å². The summed E-state index contributed by atoms with van der Waals surface area (Å²) in [7, 11) is 0. The van der Waals surface area contributed by atoms with Crippen LogP contribution < -0.4 is 5.32 Å². The molecule has 0 unspecified atom stereocenters. The predicted octanol–water partition coefficient (Wildman–Crippen LogP) is 4.35. The van der Waals surface area contributed by atoms with Gasteiger partial charge in [0.2, 0.25) is 0 Å². The van der Waals surface area contributed by atoms with Gasteiger partial charge in [-0.3, -0.25) is 4.90 Å². The summed E-state index contributed by atoms with van der Waals surface area (Å²) < 4.78 is 0. The van der Waals surface area contributed by atoms with E-state index in [0.29, 0.717) is 6.04 Å². The summed E-state index contributed by atoms with van der Waals surface area (Å²) in [5, 5.41) is 5.96. The average Bonchev–Trinajstić information content (AvgIpc) is 3.09. The average molecular weight is 411 g/mol. The third-order valence-corrected chi connectivity index (χ3v) is 6.94. The minimum atomic E-state index is 0.252. The number of rotatable bonds is 6. The van der Waals surface area contributed by atoms with Crippen molar-refractivity contribution in [2.45, 2.75) is 59.0 Å². The second kappa shape index (κ2) is 8.49. The largest absolute Gasteiger partial charge is 0.358 e. The number of aromatic amines is 1. The van der Waals surface area contributed by atoms with Crippen LogP contribution in [0.1, 0.15) is 50.9 Å². The maximum absolute atomic E-state index is 5.71. The molecule has 29 heavy (non-hydrogen) atoms. The second-order valence-electron chi connectivity index (χ2n) is 8.23. The van der Waals surface area contributed by atoms with Crippen molar-refractivity contribution < 1.29 is 0 Å². The van der Waals surface area contributed by atoms with Crippen LogP contribution in [0.4, 0.5) is 0 Å². The van der Waals surface area contributed by atoms with Gasteiger partial charge in [0.1, 0.15) is 0 Å². The Morgan fingerprint density at radius 2 is 2.03 bits per heavy atom. The lowest BCUT2D eigenvalue weighted by Crippen LogP contribution is -2.54. The van der Waals surface area contributed by atoms with Gasteiger partial charge in [0.25, 0.3) is 0 Å². The molecule has 2 heterocycles. The second-order valence-corrected chi connectivity index (χ2v) is 8.62. The molecular weight excluding hydrogens is 376 g/mol. The zero-order valence-electron chi connectivity index (χ0n) is 18.2. The van der Waals surface area contributed by atoms with Crippen LogP contribution in [0.2, 0.25) is 0 Å². The molecule has 1 aromatic heterocycles. The van der Waals surface area contributed by atoms with Gasteiger partial charge in [0.15, 0.2) is 5.11 Å². The number of aromatic nitrogens is 1. The molecule has 1 aliphatic heterocycles. The quantitative estimate of drug-likeness (QED) is 0.694. The number of hydrogen-bond donors (Lipinski definition) is 2. The molecule has 0 saturated heterocycles. The van der Waals surface area contributed by atoms with E-state index in [1.54, 1.807) is 0 Å². The molecule has 0 amide bonds. The summed E-state index contributed by atoms with van der Waals surface area (Å²) in [5.74, 6) is 0. The van der Waals surface area contributed by atoms with Crippen molar-refractivity contribution in [1.29, 1.82) is 0 Å². The Hall–Kier alpha value is -1.85. The highest BCUT2D eigenvalue weighted by atomic mass is 32.1. The third kappa shape index (κ3) is 3.59. The lowest BCUT2D eigenvalue weighted by molar-refractivity contribution is 0.212. The molecule has 5 heteroatoms. The van der Waals surface area contributed by atoms with E-state index in [1.165, 1.54) is 39.7 Å². The zero-order valence-corrected chi connectivity index (χ0v) is 19.0. The van der Waals surface area contributed by atoms with E-state index in [1.807, 2.05) is 0 Å². The number of nitrogens with one attached hydrogen (secondary N) is 2. The van der Waals surface area contributed by atoms with Gasteiger partial charge < -0.3 is 15.2 Å². The molecule has 2 N–H and O–H groups in total. The van der Waals surface area contributed by atoms with Crippen LogP contribution in [-0.2, 0) is 12.8 Å². The number of H-pyrrole nitrogens is 1. The summed E-state index contributed by atoms with van der Waals surface area (Å²) in [6, 6.07) is 7.45. The van der Waals surface area contributed by atoms with Crippen molar-refractivity contribution in [1.82, 2.24) is 20.1 Å². The molecule has 0 fully saturated rings. The fourth-order valence-electron chi connectivity index (χ4n) is 5.18. The van der Waals surface area contributed by atoms with E-state index >= 15 is 0 Å². The van der Waals surface area contributed by atoms with Crippen LogP contribution in [0, 0.1) is 0 Å². The molecule has 2 aliphatic rings. The number of benzene rings is 1. The molecule has 2 atom stereocenters. The highest BCUT2D eigenvalue weighted by Crippen LogP contribution is 2.41. The summed E-state index contributed by atoms with van der Waals surface area (Å²) in [6.07, 6.45) is 5.80. The van der Waals surface area contributed by atoms with E-state index in [0.717, 1.165) is 44.1 Å². The van der Waals surface area contributed by atoms with Crippen LogP contribution in [0.25, 0.3) is 16.5 Å². The summed E-state index contributed by atoms with van der Waals surface area (Å²) >= 11 is 5.71. The lowest BCUT2D eigenvalue weighted by atomic mass is 9.80. The van der Waals surface area contributed by atoms with Gasteiger partial charge >= 0.3 is 0 Å². The first-order valence-electron chi connectivity index (χ1n) is 11.2. The van der Waals surface area contributed by atoms with Gasteiger partial charge in [0.05, 0.1) is 6.04 Å². The van der Waals surface area contributed by atoms with E-state index in [9.17, 15) is 0 Å². The smallest absolute Gasteiger partial charge is 0.169 e. The fourth-order valence-corrected chi connectivity index (χ4v) is 5.59. The standard InChI is InChI=1S/C24H34N4S/c1-5-12-28-15-16(25-24(29)27(7-3)8-4)13-18-17-10-9-11-21-23(17)19(14-22(18)28)20(6-2)26-21/h9-11,13,16,22,26H,5-8,12,14-15H2,1-4H3,(H,25,29)/t16-,22+/m0/s1. The van der Waals surface area contributed by atoms with Crippen LogP contribution in [-0.4, -0.2) is 58.2 Å². The van der Waals surface area contributed by atoms with Crippen molar-refractivity contribution in [3.8, 4) is 0 Å². The molecule has 0 radical (unpaired) electrons. The van der Waals surface area contributed by atoms with Gasteiger partial charge in [-0.15, -0.1) is 0 Å². The van der Waals surface area contributed by atoms with Gasteiger partial charge in [-0.25, -0.2) is 0 Å². The molecule has 4 nitrogen and oxygen atoms in total. The number of nitrogens with zero attached hydrogens (tertiary/aromatic N) is 2. The van der Waals surface area contributed by atoms with Gasteiger partial charge in [-0.2, -0.15) is 0 Å². The first kappa shape index (κ1) is 20.4. The zero-order chi connectivity index (χ0) is 20.5. The van der Waals surface area contributed by atoms with Crippen molar-refractivity contribution in [2.75, 3.05) is 26.2 Å². The monoisotopic (exact) mass is 410 g/mol. The summed E-state index contributed by atoms with van der Waals surface area (Å²) in [4.78, 5) is 8.59. The number of thiocarbonyl (C=S) groups is 1. The third-order valence-electron chi connectivity index (χ3n) is 6.56. The molecule has 0 bridgehead atoms. The van der Waals surface area contributed by atoms with Gasteiger partial charge in [-0.1, -0.05) is 32.1 Å². The maximum atomic E-state index is 5.71. The first-order chi connectivity index (χ1) is 14.1. The minimum Gasteiger partial charge on any atom is -0.358 e.